The second kappa shape index (κ2) is 7.25. The number of rotatable bonds is 3. The molecule has 0 radical (unpaired) electrons. The summed E-state index contributed by atoms with van der Waals surface area (Å²) >= 11 is 0. The highest BCUT2D eigenvalue weighted by Gasteiger charge is 2.35. The van der Waals surface area contributed by atoms with Crippen LogP contribution in [0.5, 0.6) is 0 Å². The molecule has 0 amide bonds. The van der Waals surface area contributed by atoms with E-state index in [2.05, 4.69) is 116 Å². The molecule has 0 aliphatic heterocycles. The molecule has 0 saturated carbocycles. The second-order valence-corrected chi connectivity index (χ2v) is 9.33. The summed E-state index contributed by atoms with van der Waals surface area (Å²) in [6.45, 7) is 4.65. The van der Waals surface area contributed by atoms with Crippen LogP contribution in [0.3, 0.4) is 0 Å². The molecule has 0 spiro atoms. The molecule has 0 aromatic heterocycles. The van der Waals surface area contributed by atoms with Crippen LogP contribution in [-0.2, 0) is 5.41 Å². The molecular weight excluding hydrogens is 400 g/mol. The molecular formula is C31H26N2. The molecule has 33 heavy (non-hydrogen) atoms. The van der Waals surface area contributed by atoms with Crippen molar-refractivity contribution in [2.45, 2.75) is 19.3 Å². The average molecular weight is 427 g/mol. The van der Waals surface area contributed by atoms with Crippen LogP contribution < -0.4 is 10.6 Å². The Morgan fingerprint density at radius 3 is 2.12 bits per heavy atom. The minimum Gasteiger partial charge on any atom is -0.399 e. The molecule has 1 aliphatic rings. The van der Waals surface area contributed by atoms with Gasteiger partial charge in [-0.05, 0) is 70.1 Å². The molecule has 0 atom stereocenters. The number of benzene rings is 5. The number of nitrogens with zero attached hydrogens (tertiary/aromatic N) is 1. The first-order valence-corrected chi connectivity index (χ1v) is 11.4. The van der Waals surface area contributed by atoms with Crippen LogP contribution in [0.25, 0.3) is 21.9 Å². The molecule has 0 unspecified atom stereocenters. The smallest absolute Gasteiger partial charge is 0.0540 e. The van der Waals surface area contributed by atoms with E-state index in [1.165, 1.54) is 33.0 Å². The Bertz CT molecular complexity index is 1490. The zero-order valence-electron chi connectivity index (χ0n) is 18.9. The summed E-state index contributed by atoms with van der Waals surface area (Å²) in [5.41, 5.74) is 15.6. The van der Waals surface area contributed by atoms with Gasteiger partial charge in [-0.2, -0.15) is 0 Å². The minimum atomic E-state index is -0.0481. The first kappa shape index (κ1) is 19.6. The first-order chi connectivity index (χ1) is 16.0. The van der Waals surface area contributed by atoms with Crippen molar-refractivity contribution in [2.24, 2.45) is 0 Å². The Morgan fingerprint density at radius 1 is 0.606 bits per heavy atom. The summed E-state index contributed by atoms with van der Waals surface area (Å²) in [5.74, 6) is 0. The number of nitrogens with two attached hydrogens (primary N) is 1. The zero-order valence-corrected chi connectivity index (χ0v) is 18.9. The third kappa shape index (κ3) is 3.02. The highest BCUT2D eigenvalue weighted by atomic mass is 15.1. The van der Waals surface area contributed by atoms with Crippen molar-refractivity contribution in [3.63, 3.8) is 0 Å². The van der Waals surface area contributed by atoms with Gasteiger partial charge < -0.3 is 10.6 Å². The summed E-state index contributed by atoms with van der Waals surface area (Å²) in [6.07, 6.45) is 0. The minimum absolute atomic E-state index is 0.0481. The summed E-state index contributed by atoms with van der Waals surface area (Å²) in [5, 5.41) is 2.45. The van der Waals surface area contributed by atoms with E-state index < -0.39 is 0 Å². The van der Waals surface area contributed by atoms with Crippen molar-refractivity contribution in [1.82, 2.24) is 0 Å². The van der Waals surface area contributed by atoms with Gasteiger partial charge in [0.15, 0.2) is 0 Å². The van der Waals surface area contributed by atoms with Crippen molar-refractivity contribution in [1.29, 1.82) is 0 Å². The van der Waals surface area contributed by atoms with Crippen LogP contribution in [0, 0.1) is 0 Å². The Kier molecular flexibility index (Phi) is 4.31. The van der Waals surface area contributed by atoms with Crippen LogP contribution in [0.4, 0.5) is 22.7 Å². The summed E-state index contributed by atoms with van der Waals surface area (Å²) in [7, 11) is 0. The van der Waals surface area contributed by atoms with Gasteiger partial charge in [-0.25, -0.2) is 0 Å². The van der Waals surface area contributed by atoms with E-state index in [0.29, 0.717) is 0 Å². The van der Waals surface area contributed by atoms with Crippen molar-refractivity contribution >= 4 is 33.5 Å². The molecule has 0 heterocycles. The maximum absolute atomic E-state index is 6.03. The van der Waals surface area contributed by atoms with Gasteiger partial charge in [0.25, 0.3) is 0 Å². The van der Waals surface area contributed by atoms with Crippen molar-refractivity contribution in [2.75, 3.05) is 10.6 Å². The van der Waals surface area contributed by atoms with Crippen LogP contribution in [0.1, 0.15) is 25.0 Å². The van der Waals surface area contributed by atoms with Crippen LogP contribution in [0.2, 0.25) is 0 Å². The maximum atomic E-state index is 6.03. The molecule has 1 aliphatic carbocycles. The highest BCUT2D eigenvalue weighted by molar-refractivity contribution is 5.99. The van der Waals surface area contributed by atoms with Gasteiger partial charge in [-0.15, -0.1) is 0 Å². The van der Waals surface area contributed by atoms with Gasteiger partial charge in [-0.3, -0.25) is 0 Å². The predicted molar refractivity (Wildman–Crippen MR) is 141 cm³/mol. The van der Waals surface area contributed by atoms with Gasteiger partial charge in [0.2, 0.25) is 0 Å². The predicted octanol–water partition coefficient (Wildman–Crippen LogP) is 8.20. The van der Waals surface area contributed by atoms with E-state index in [4.69, 9.17) is 5.73 Å². The third-order valence-electron chi connectivity index (χ3n) is 6.98. The maximum Gasteiger partial charge on any atom is 0.0540 e. The van der Waals surface area contributed by atoms with Gasteiger partial charge in [0, 0.05) is 27.9 Å². The zero-order chi connectivity index (χ0) is 22.6. The number of nitrogen functional groups attached to an aromatic ring is 1. The topological polar surface area (TPSA) is 29.3 Å². The van der Waals surface area contributed by atoms with Crippen LogP contribution in [0.15, 0.2) is 109 Å². The first-order valence-electron chi connectivity index (χ1n) is 11.4. The van der Waals surface area contributed by atoms with Crippen LogP contribution in [-0.4, -0.2) is 0 Å². The molecule has 2 nitrogen and oxygen atoms in total. The van der Waals surface area contributed by atoms with Gasteiger partial charge in [0.1, 0.15) is 0 Å². The van der Waals surface area contributed by atoms with E-state index in [-0.39, 0.29) is 5.41 Å². The van der Waals surface area contributed by atoms with E-state index in [1.54, 1.807) is 0 Å². The quantitative estimate of drug-likeness (QED) is 0.295. The molecule has 0 bridgehead atoms. The second-order valence-electron chi connectivity index (χ2n) is 9.33. The number of anilines is 4. The molecule has 160 valence electrons. The SMILES string of the molecule is CC1(C)c2ccccc2-c2ccc(N(c3ccc(N)cc3)c3cccc4ccccc34)cc21. The fourth-order valence-electron chi connectivity index (χ4n) is 5.29. The van der Waals surface area contributed by atoms with Crippen molar-refractivity contribution < 1.29 is 0 Å². The van der Waals surface area contributed by atoms with E-state index in [1.807, 2.05) is 12.1 Å². The summed E-state index contributed by atoms with van der Waals surface area (Å²) in [6, 6.07) is 38.9. The normalized spacial score (nSPS) is 13.5. The van der Waals surface area contributed by atoms with Crippen molar-refractivity contribution in [3.8, 4) is 11.1 Å². The monoisotopic (exact) mass is 426 g/mol. The molecule has 0 saturated heterocycles. The lowest BCUT2D eigenvalue weighted by Crippen LogP contribution is -2.16. The summed E-state index contributed by atoms with van der Waals surface area (Å²) in [4.78, 5) is 2.35. The molecule has 0 fully saturated rings. The standard InChI is InChI=1S/C31H26N2/c1-31(2)28-12-6-5-11-26(28)27-19-18-24(20-29(27)31)33(23-16-14-22(32)15-17-23)30-13-7-9-21-8-3-4-10-25(21)30/h3-20H,32H2,1-2H3. The average Bonchev–Trinajstić information content (AvgIpc) is 3.07. The highest BCUT2D eigenvalue weighted by Crippen LogP contribution is 2.50. The number of fused-ring (bicyclic) bond motifs is 4. The largest absolute Gasteiger partial charge is 0.399 e. The van der Waals surface area contributed by atoms with Gasteiger partial charge in [-0.1, -0.05) is 80.6 Å². The number of hydrogen-bond acceptors (Lipinski definition) is 2. The molecule has 5 aromatic rings. The van der Waals surface area contributed by atoms with E-state index in [9.17, 15) is 0 Å². The van der Waals surface area contributed by atoms with E-state index in [0.717, 1.165) is 22.7 Å². The van der Waals surface area contributed by atoms with Crippen molar-refractivity contribution in [3.05, 3.63) is 120 Å². The molecule has 6 rings (SSSR count). The third-order valence-corrected chi connectivity index (χ3v) is 6.98. The fourth-order valence-corrected chi connectivity index (χ4v) is 5.29. The lowest BCUT2D eigenvalue weighted by atomic mass is 9.82. The van der Waals surface area contributed by atoms with Gasteiger partial charge >= 0.3 is 0 Å². The molecule has 2 heteroatoms. The Hall–Kier alpha value is -4.04. The molecule has 5 aromatic carbocycles. The lowest BCUT2D eigenvalue weighted by Gasteiger charge is -2.29. The Morgan fingerprint density at radius 2 is 1.27 bits per heavy atom. The van der Waals surface area contributed by atoms with Gasteiger partial charge in [0.05, 0.1) is 5.69 Å². The summed E-state index contributed by atoms with van der Waals surface area (Å²) < 4.78 is 0. The lowest BCUT2D eigenvalue weighted by molar-refractivity contribution is 0.660. The van der Waals surface area contributed by atoms with E-state index >= 15 is 0 Å². The fraction of sp³-hybridized carbons (Fsp3) is 0.0968. The number of hydrogen-bond donors (Lipinski definition) is 1. The Labute approximate surface area is 194 Å². The molecule has 2 N–H and O–H groups in total. The Balaban J connectivity index is 1.60. The van der Waals surface area contributed by atoms with Crippen LogP contribution >= 0.6 is 0 Å².